The number of anilines is 1. The maximum atomic E-state index is 14.0. The van der Waals surface area contributed by atoms with Crippen LogP contribution in [0.1, 0.15) is 0 Å². The predicted molar refractivity (Wildman–Crippen MR) is 92.0 cm³/mol. The smallest absolute Gasteiger partial charge is 0.320 e. The van der Waals surface area contributed by atoms with Gasteiger partial charge in [0, 0.05) is 42.8 Å². The van der Waals surface area contributed by atoms with Crippen LogP contribution in [0.25, 0.3) is 11.1 Å². The molecule has 3 aromatic rings. The molecule has 2 amide bonds. The lowest BCUT2D eigenvalue weighted by molar-refractivity contribution is 0.254. The Morgan fingerprint density at radius 2 is 1.88 bits per heavy atom. The highest BCUT2D eigenvalue weighted by molar-refractivity contribution is 5.88. The number of nitrogens with zero attached hydrogens (tertiary/aromatic N) is 2. The monoisotopic (exact) mass is 356 g/mol. The lowest BCUT2D eigenvalue weighted by atomic mass is 10.1. The highest BCUT2D eigenvalue weighted by Gasteiger charge is 2.16. The van der Waals surface area contributed by atoms with E-state index in [-0.39, 0.29) is 11.6 Å². The Kier molecular flexibility index (Phi) is 5.02. The standard InChI is InChI=1S/C18H14F2N4O2/c1-21-18(25)24-16-8-15(26-17-13(19)5-2-6-14(17)20)12(10-23-16)11-4-3-7-22-9-11/h2-10H,1H3,(H2,21,23,24,25). The van der Waals surface area contributed by atoms with E-state index in [4.69, 9.17) is 4.74 Å². The van der Waals surface area contributed by atoms with Gasteiger partial charge in [-0.15, -0.1) is 0 Å². The Balaban J connectivity index is 2.06. The van der Waals surface area contributed by atoms with Crippen molar-refractivity contribution in [3.8, 4) is 22.6 Å². The summed E-state index contributed by atoms with van der Waals surface area (Å²) in [6, 6.07) is 7.77. The van der Waals surface area contributed by atoms with E-state index in [9.17, 15) is 13.6 Å². The molecule has 0 aliphatic carbocycles. The van der Waals surface area contributed by atoms with Gasteiger partial charge < -0.3 is 10.1 Å². The van der Waals surface area contributed by atoms with Gasteiger partial charge in [-0.1, -0.05) is 12.1 Å². The highest BCUT2D eigenvalue weighted by Crippen LogP contribution is 2.36. The van der Waals surface area contributed by atoms with E-state index in [0.717, 1.165) is 12.1 Å². The third kappa shape index (κ3) is 3.75. The van der Waals surface area contributed by atoms with Crippen molar-refractivity contribution in [2.24, 2.45) is 0 Å². The molecule has 0 radical (unpaired) electrons. The molecule has 0 saturated heterocycles. The zero-order valence-corrected chi connectivity index (χ0v) is 13.7. The molecule has 0 saturated carbocycles. The zero-order valence-electron chi connectivity index (χ0n) is 13.7. The summed E-state index contributed by atoms with van der Waals surface area (Å²) in [6.07, 6.45) is 4.58. The number of rotatable bonds is 4. The molecular formula is C18H14F2N4O2. The van der Waals surface area contributed by atoms with Crippen LogP contribution in [-0.4, -0.2) is 23.0 Å². The normalized spacial score (nSPS) is 10.3. The van der Waals surface area contributed by atoms with E-state index in [1.807, 2.05) is 0 Å². The lowest BCUT2D eigenvalue weighted by Gasteiger charge is -2.14. The molecule has 0 atom stereocenters. The number of pyridine rings is 2. The fourth-order valence-electron chi connectivity index (χ4n) is 2.20. The number of aromatic nitrogens is 2. The maximum absolute atomic E-state index is 14.0. The number of carbonyl (C=O) groups is 1. The molecule has 26 heavy (non-hydrogen) atoms. The second-order valence-corrected chi connectivity index (χ2v) is 5.16. The molecule has 1 aromatic carbocycles. The second-order valence-electron chi connectivity index (χ2n) is 5.16. The maximum Gasteiger partial charge on any atom is 0.320 e. The fourth-order valence-corrected chi connectivity index (χ4v) is 2.20. The molecule has 0 unspecified atom stereocenters. The van der Waals surface area contributed by atoms with Crippen LogP contribution in [-0.2, 0) is 0 Å². The van der Waals surface area contributed by atoms with Crippen LogP contribution in [0.5, 0.6) is 11.5 Å². The molecule has 0 bridgehead atoms. The van der Waals surface area contributed by atoms with E-state index in [1.165, 1.54) is 25.4 Å². The van der Waals surface area contributed by atoms with Crippen LogP contribution in [0.2, 0.25) is 0 Å². The summed E-state index contributed by atoms with van der Waals surface area (Å²) < 4.78 is 33.4. The summed E-state index contributed by atoms with van der Waals surface area (Å²) in [6.45, 7) is 0. The molecule has 3 rings (SSSR count). The Bertz CT molecular complexity index is 915. The first kappa shape index (κ1) is 17.3. The summed E-state index contributed by atoms with van der Waals surface area (Å²) in [5, 5.41) is 4.87. The number of nitrogens with one attached hydrogen (secondary N) is 2. The van der Waals surface area contributed by atoms with Crippen molar-refractivity contribution >= 4 is 11.8 Å². The largest absolute Gasteiger partial charge is 0.450 e. The third-order valence-electron chi connectivity index (χ3n) is 3.44. The van der Waals surface area contributed by atoms with E-state index in [2.05, 4.69) is 20.6 Å². The van der Waals surface area contributed by atoms with Crippen LogP contribution in [0.4, 0.5) is 19.4 Å². The van der Waals surface area contributed by atoms with Gasteiger partial charge in [0.15, 0.2) is 17.4 Å². The summed E-state index contributed by atoms with van der Waals surface area (Å²) >= 11 is 0. The molecule has 2 heterocycles. The van der Waals surface area contributed by atoms with Gasteiger partial charge in [-0.3, -0.25) is 10.3 Å². The summed E-state index contributed by atoms with van der Waals surface area (Å²) in [5.74, 6) is -1.97. The van der Waals surface area contributed by atoms with Crippen LogP contribution in [0, 0.1) is 11.6 Å². The van der Waals surface area contributed by atoms with Gasteiger partial charge in [0.2, 0.25) is 0 Å². The average molecular weight is 356 g/mol. The van der Waals surface area contributed by atoms with Gasteiger partial charge in [0.25, 0.3) is 0 Å². The van der Waals surface area contributed by atoms with Crippen molar-refractivity contribution < 1.29 is 18.3 Å². The van der Waals surface area contributed by atoms with Gasteiger partial charge >= 0.3 is 6.03 Å². The molecule has 8 heteroatoms. The number of carbonyl (C=O) groups excluding carboxylic acids is 1. The number of amides is 2. The van der Waals surface area contributed by atoms with Crippen molar-refractivity contribution in [1.29, 1.82) is 0 Å². The first-order chi connectivity index (χ1) is 12.6. The Morgan fingerprint density at radius 3 is 2.54 bits per heavy atom. The molecule has 0 spiro atoms. The minimum atomic E-state index is -0.847. The van der Waals surface area contributed by atoms with Gasteiger partial charge in [-0.05, 0) is 18.2 Å². The van der Waals surface area contributed by atoms with Gasteiger partial charge in [0.05, 0.1) is 0 Å². The number of para-hydroxylation sites is 1. The van der Waals surface area contributed by atoms with E-state index in [1.54, 1.807) is 24.5 Å². The molecular weight excluding hydrogens is 342 g/mol. The molecule has 0 fully saturated rings. The number of halogens is 2. The second kappa shape index (κ2) is 7.56. The van der Waals surface area contributed by atoms with Crippen molar-refractivity contribution in [1.82, 2.24) is 15.3 Å². The molecule has 0 aliphatic rings. The number of urea groups is 1. The van der Waals surface area contributed by atoms with Crippen LogP contribution in [0.15, 0.2) is 55.0 Å². The first-order valence-electron chi connectivity index (χ1n) is 7.59. The number of benzene rings is 1. The molecule has 2 aromatic heterocycles. The molecule has 2 N–H and O–H groups in total. The number of hydrogen-bond donors (Lipinski definition) is 2. The van der Waals surface area contributed by atoms with Crippen molar-refractivity contribution in [2.75, 3.05) is 12.4 Å². The van der Waals surface area contributed by atoms with Gasteiger partial charge in [-0.2, -0.15) is 0 Å². The molecule has 132 valence electrons. The van der Waals surface area contributed by atoms with Gasteiger partial charge in [-0.25, -0.2) is 18.6 Å². The van der Waals surface area contributed by atoms with E-state index in [0.29, 0.717) is 11.1 Å². The predicted octanol–water partition coefficient (Wildman–Crippen LogP) is 3.97. The Morgan fingerprint density at radius 1 is 1.12 bits per heavy atom. The van der Waals surface area contributed by atoms with Crippen molar-refractivity contribution in [2.45, 2.75) is 0 Å². The summed E-state index contributed by atoms with van der Waals surface area (Å²) in [5.41, 5.74) is 1.10. The van der Waals surface area contributed by atoms with Crippen molar-refractivity contribution in [3.63, 3.8) is 0 Å². The molecule has 0 aliphatic heterocycles. The third-order valence-corrected chi connectivity index (χ3v) is 3.44. The highest BCUT2D eigenvalue weighted by atomic mass is 19.1. The Hall–Kier alpha value is -3.55. The SMILES string of the molecule is CNC(=O)Nc1cc(Oc2c(F)cccc2F)c(-c2cccnc2)cn1. The van der Waals surface area contributed by atoms with Crippen LogP contribution < -0.4 is 15.4 Å². The van der Waals surface area contributed by atoms with E-state index < -0.39 is 23.4 Å². The first-order valence-corrected chi connectivity index (χ1v) is 7.59. The molecule has 6 nitrogen and oxygen atoms in total. The topological polar surface area (TPSA) is 76.1 Å². The van der Waals surface area contributed by atoms with Crippen LogP contribution in [0.3, 0.4) is 0 Å². The van der Waals surface area contributed by atoms with Gasteiger partial charge in [0.1, 0.15) is 11.6 Å². The number of ether oxygens (including phenoxy) is 1. The van der Waals surface area contributed by atoms with Crippen molar-refractivity contribution in [3.05, 3.63) is 66.6 Å². The lowest BCUT2D eigenvalue weighted by Crippen LogP contribution is -2.24. The minimum Gasteiger partial charge on any atom is -0.450 e. The fraction of sp³-hybridized carbons (Fsp3) is 0.0556. The van der Waals surface area contributed by atoms with E-state index >= 15 is 0 Å². The number of hydrogen-bond acceptors (Lipinski definition) is 4. The Labute approximate surface area is 147 Å². The summed E-state index contributed by atoms with van der Waals surface area (Å²) in [7, 11) is 1.45. The van der Waals surface area contributed by atoms with Crippen LogP contribution >= 0.6 is 0 Å². The minimum absolute atomic E-state index is 0.114. The zero-order chi connectivity index (χ0) is 18.5. The summed E-state index contributed by atoms with van der Waals surface area (Å²) in [4.78, 5) is 19.6. The quantitative estimate of drug-likeness (QED) is 0.742. The average Bonchev–Trinajstić information content (AvgIpc) is 2.65.